The molecule has 2 heterocycles. The molecule has 1 aromatic heterocycles. The van der Waals surface area contributed by atoms with E-state index in [9.17, 15) is 9.18 Å². The number of carbonyl (C=O) groups excluding carboxylic acids is 1. The van der Waals surface area contributed by atoms with E-state index >= 15 is 0 Å². The van der Waals surface area contributed by atoms with Crippen molar-refractivity contribution in [3.63, 3.8) is 0 Å². The molecule has 0 fully saturated rings. The van der Waals surface area contributed by atoms with E-state index in [0.717, 1.165) is 11.0 Å². The number of hydrogen-bond acceptors (Lipinski definition) is 3. The van der Waals surface area contributed by atoms with E-state index < -0.39 is 6.04 Å². The standard InChI is InChI=1S/C19H16FN3O/c1-11-17(12(2)24)18(13-7-3-4-8-14(13)20)23-16-10-6-5-9-15(16)22-19(23)21-11/h3-10,18H,1-2H3,(H,21,22)/t18-/m1/s1. The molecular formula is C19H16FN3O. The lowest BCUT2D eigenvalue weighted by Gasteiger charge is -2.30. The van der Waals surface area contributed by atoms with Crippen LogP contribution in [-0.2, 0) is 4.79 Å². The zero-order chi connectivity index (χ0) is 16.8. The summed E-state index contributed by atoms with van der Waals surface area (Å²) in [5.41, 5.74) is 3.39. The Labute approximate surface area is 138 Å². The first-order valence-corrected chi connectivity index (χ1v) is 7.78. The number of aromatic nitrogens is 2. The number of nitrogens with one attached hydrogen (secondary N) is 1. The molecule has 4 nitrogen and oxygen atoms in total. The van der Waals surface area contributed by atoms with E-state index in [-0.39, 0.29) is 11.6 Å². The Balaban J connectivity index is 2.07. The predicted octanol–water partition coefficient (Wildman–Crippen LogP) is 4.05. The zero-order valence-corrected chi connectivity index (χ0v) is 13.4. The summed E-state index contributed by atoms with van der Waals surface area (Å²) in [5.74, 6) is 0.198. The molecule has 0 aliphatic carbocycles. The fourth-order valence-electron chi connectivity index (χ4n) is 3.41. The lowest BCUT2D eigenvalue weighted by atomic mass is 9.92. The molecule has 1 atom stereocenters. The van der Waals surface area contributed by atoms with Gasteiger partial charge in [-0.3, -0.25) is 9.36 Å². The number of anilines is 1. The number of nitrogens with zero attached hydrogens (tertiary/aromatic N) is 2. The normalized spacial score (nSPS) is 16.9. The maximum atomic E-state index is 14.6. The minimum absolute atomic E-state index is 0.0864. The number of benzene rings is 2. The molecule has 120 valence electrons. The van der Waals surface area contributed by atoms with E-state index in [0.29, 0.717) is 22.8 Å². The molecule has 24 heavy (non-hydrogen) atoms. The highest BCUT2D eigenvalue weighted by atomic mass is 19.1. The fraction of sp³-hybridized carbons (Fsp3) is 0.158. The molecule has 0 radical (unpaired) electrons. The van der Waals surface area contributed by atoms with Crippen molar-refractivity contribution in [2.45, 2.75) is 19.9 Å². The van der Waals surface area contributed by atoms with Gasteiger partial charge in [-0.15, -0.1) is 0 Å². The van der Waals surface area contributed by atoms with Crippen molar-refractivity contribution in [1.29, 1.82) is 0 Å². The van der Waals surface area contributed by atoms with Crippen LogP contribution in [0.15, 0.2) is 59.8 Å². The summed E-state index contributed by atoms with van der Waals surface area (Å²) in [4.78, 5) is 16.9. The van der Waals surface area contributed by atoms with Crippen LogP contribution in [0.5, 0.6) is 0 Å². The third-order valence-corrected chi connectivity index (χ3v) is 4.41. The molecule has 0 spiro atoms. The lowest BCUT2D eigenvalue weighted by molar-refractivity contribution is -0.114. The number of hydrogen-bond donors (Lipinski definition) is 1. The summed E-state index contributed by atoms with van der Waals surface area (Å²) in [7, 11) is 0. The summed E-state index contributed by atoms with van der Waals surface area (Å²) in [5, 5.41) is 3.19. The van der Waals surface area contributed by atoms with Gasteiger partial charge in [0.15, 0.2) is 5.78 Å². The molecule has 5 heteroatoms. The maximum Gasteiger partial charge on any atom is 0.209 e. The highest BCUT2D eigenvalue weighted by Gasteiger charge is 2.33. The van der Waals surface area contributed by atoms with Crippen LogP contribution in [0.1, 0.15) is 25.5 Å². The minimum Gasteiger partial charge on any atom is -0.329 e. The number of Topliss-reactive ketones (excluding diaryl/α,β-unsaturated/α-hetero) is 1. The molecule has 0 amide bonds. The number of fused-ring (bicyclic) bond motifs is 3. The van der Waals surface area contributed by atoms with Gasteiger partial charge in [0.05, 0.1) is 17.1 Å². The van der Waals surface area contributed by atoms with E-state index in [4.69, 9.17) is 0 Å². The van der Waals surface area contributed by atoms with E-state index in [1.54, 1.807) is 18.2 Å². The number of ketones is 1. The van der Waals surface area contributed by atoms with Gasteiger partial charge in [0.25, 0.3) is 0 Å². The number of imidazole rings is 1. The molecule has 4 rings (SSSR count). The second-order valence-corrected chi connectivity index (χ2v) is 5.94. The van der Waals surface area contributed by atoms with Crippen molar-refractivity contribution < 1.29 is 9.18 Å². The number of carbonyl (C=O) groups is 1. The van der Waals surface area contributed by atoms with Crippen molar-refractivity contribution in [1.82, 2.24) is 9.55 Å². The number of rotatable bonds is 2. The lowest BCUT2D eigenvalue weighted by Crippen LogP contribution is -2.27. The van der Waals surface area contributed by atoms with Gasteiger partial charge >= 0.3 is 0 Å². The fourth-order valence-corrected chi connectivity index (χ4v) is 3.41. The highest BCUT2D eigenvalue weighted by molar-refractivity contribution is 5.97. The Morgan fingerprint density at radius 1 is 1.17 bits per heavy atom. The summed E-state index contributed by atoms with van der Waals surface area (Å²) in [6.45, 7) is 3.34. The topological polar surface area (TPSA) is 46.9 Å². The van der Waals surface area contributed by atoms with Crippen molar-refractivity contribution in [3.8, 4) is 0 Å². The van der Waals surface area contributed by atoms with E-state index in [1.165, 1.54) is 13.0 Å². The first-order valence-electron chi connectivity index (χ1n) is 7.78. The van der Waals surface area contributed by atoms with Gasteiger partial charge < -0.3 is 5.32 Å². The van der Waals surface area contributed by atoms with Crippen LogP contribution < -0.4 is 5.32 Å². The Hall–Kier alpha value is -2.95. The van der Waals surface area contributed by atoms with Crippen molar-refractivity contribution in [2.75, 3.05) is 5.32 Å². The van der Waals surface area contributed by atoms with Gasteiger partial charge in [0.2, 0.25) is 5.95 Å². The van der Waals surface area contributed by atoms with Gasteiger partial charge in [-0.25, -0.2) is 9.37 Å². The highest BCUT2D eigenvalue weighted by Crippen LogP contribution is 2.39. The monoisotopic (exact) mass is 321 g/mol. The second kappa shape index (κ2) is 5.30. The number of para-hydroxylation sites is 2. The molecule has 2 aromatic carbocycles. The second-order valence-electron chi connectivity index (χ2n) is 5.94. The largest absolute Gasteiger partial charge is 0.329 e. The van der Waals surface area contributed by atoms with E-state index in [1.807, 2.05) is 35.8 Å². The third kappa shape index (κ3) is 2.05. The average molecular weight is 321 g/mol. The van der Waals surface area contributed by atoms with Crippen LogP contribution in [-0.4, -0.2) is 15.3 Å². The molecule has 1 aliphatic rings. The Kier molecular flexibility index (Phi) is 3.23. The number of allylic oxidation sites excluding steroid dienone is 2. The van der Waals surface area contributed by atoms with Crippen LogP contribution >= 0.6 is 0 Å². The molecule has 0 unspecified atom stereocenters. The van der Waals surface area contributed by atoms with Gasteiger partial charge in [-0.1, -0.05) is 30.3 Å². The first kappa shape index (κ1) is 14.6. The van der Waals surface area contributed by atoms with Gasteiger partial charge in [0, 0.05) is 16.8 Å². The molecule has 3 aromatic rings. The van der Waals surface area contributed by atoms with Gasteiger partial charge in [-0.2, -0.15) is 0 Å². The quantitative estimate of drug-likeness (QED) is 0.774. The molecule has 0 saturated carbocycles. The summed E-state index contributed by atoms with van der Waals surface area (Å²) in [6, 6.07) is 13.7. The number of halogens is 1. The van der Waals surface area contributed by atoms with Crippen LogP contribution in [0, 0.1) is 5.82 Å². The Bertz CT molecular complexity index is 1000. The third-order valence-electron chi connectivity index (χ3n) is 4.41. The molecule has 1 N–H and O–H groups in total. The predicted molar refractivity (Wildman–Crippen MR) is 91.3 cm³/mol. The van der Waals surface area contributed by atoms with Crippen molar-refractivity contribution >= 4 is 22.8 Å². The van der Waals surface area contributed by atoms with Gasteiger partial charge in [0.1, 0.15) is 5.82 Å². The van der Waals surface area contributed by atoms with Crippen LogP contribution in [0.2, 0.25) is 0 Å². The summed E-state index contributed by atoms with van der Waals surface area (Å²) < 4.78 is 16.5. The first-order chi connectivity index (χ1) is 11.6. The molecular weight excluding hydrogens is 305 g/mol. The van der Waals surface area contributed by atoms with Gasteiger partial charge in [-0.05, 0) is 32.0 Å². The van der Waals surface area contributed by atoms with Crippen molar-refractivity contribution in [2.24, 2.45) is 0 Å². The summed E-state index contributed by atoms with van der Waals surface area (Å²) in [6.07, 6.45) is 0. The smallest absolute Gasteiger partial charge is 0.209 e. The SMILES string of the molecule is CC(=O)C1=C(C)Nc2nc3ccccc3n2[C@@H]1c1ccccc1F. The van der Waals surface area contributed by atoms with Crippen LogP contribution in [0.3, 0.4) is 0 Å². The zero-order valence-electron chi connectivity index (χ0n) is 13.4. The minimum atomic E-state index is -0.535. The molecule has 0 saturated heterocycles. The van der Waals surface area contributed by atoms with Crippen LogP contribution in [0.4, 0.5) is 10.3 Å². The molecule has 1 aliphatic heterocycles. The Morgan fingerprint density at radius 2 is 1.88 bits per heavy atom. The average Bonchev–Trinajstić information content (AvgIpc) is 2.91. The molecule has 0 bridgehead atoms. The summed E-state index contributed by atoms with van der Waals surface area (Å²) >= 11 is 0. The maximum absolute atomic E-state index is 14.6. The van der Waals surface area contributed by atoms with Crippen LogP contribution in [0.25, 0.3) is 11.0 Å². The van der Waals surface area contributed by atoms with E-state index in [2.05, 4.69) is 10.3 Å². The Morgan fingerprint density at radius 3 is 2.62 bits per heavy atom. The van der Waals surface area contributed by atoms with Crippen molar-refractivity contribution in [3.05, 3.63) is 71.2 Å².